The molecule has 0 unspecified atom stereocenters. The molecule has 0 spiro atoms. The van der Waals surface area contributed by atoms with Gasteiger partial charge in [-0.3, -0.25) is 9.59 Å². The van der Waals surface area contributed by atoms with Crippen molar-refractivity contribution >= 4 is 62.7 Å². The smallest absolute Gasteiger partial charge is 0.410 e. The molecule has 1 aromatic carbocycles. The van der Waals surface area contributed by atoms with E-state index in [1.54, 1.807) is 36.2 Å². The predicted octanol–water partition coefficient (Wildman–Crippen LogP) is 6.03. The number of carbonyl (C=O) groups excluding carboxylic acids is 3. The molecule has 2 N–H and O–H groups in total. The summed E-state index contributed by atoms with van der Waals surface area (Å²) < 4.78 is 7.18. The van der Waals surface area contributed by atoms with Crippen molar-refractivity contribution in [3.05, 3.63) is 68.0 Å². The second-order valence-electron chi connectivity index (χ2n) is 10.4. The number of pyridine rings is 1. The highest BCUT2D eigenvalue weighted by Crippen LogP contribution is 2.28. The summed E-state index contributed by atoms with van der Waals surface area (Å²) in [5.41, 5.74) is 0.711. The number of ether oxygens (including phenoxy) is 1. The van der Waals surface area contributed by atoms with Gasteiger partial charge < -0.3 is 20.3 Å². The molecule has 3 aromatic rings. The third-order valence-electron chi connectivity index (χ3n) is 6.12. The number of aryl methyl sites for hydroxylation is 1. The fraction of sp³-hybridized carbons (Fsp3) is 0.370. The van der Waals surface area contributed by atoms with Gasteiger partial charge in [-0.25, -0.2) is 14.5 Å². The highest BCUT2D eigenvalue weighted by atomic mass is 79.9. The van der Waals surface area contributed by atoms with E-state index in [2.05, 4.69) is 36.6 Å². The van der Waals surface area contributed by atoms with Gasteiger partial charge in [-0.15, -0.1) is 0 Å². The van der Waals surface area contributed by atoms with Gasteiger partial charge in [-0.2, -0.15) is 5.10 Å². The van der Waals surface area contributed by atoms with Gasteiger partial charge in [0.2, 0.25) is 0 Å². The Morgan fingerprint density at radius 3 is 2.45 bits per heavy atom. The Morgan fingerprint density at radius 2 is 1.80 bits per heavy atom. The number of benzene rings is 1. The molecular formula is C27H29BrCl2N6O4. The molecule has 13 heteroatoms. The van der Waals surface area contributed by atoms with Crippen LogP contribution in [0.5, 0.6) is 0 Å². The number of amides is 3. The molecule has 0 saturated carbocycles. The van der Waals surface area contributed by atoms with Crippen LogP contribution in [0.1, 0.15) is 60.0 Å². The lowest BCUT2D eigenvalue weighted by molar-refractivity contribution is 0.0199. The van der Waals surface area contributed by atoms with Crippen LogP contribution in [0, 0.1) is 6.92 Å². The summed E-state index contributed by atoms with van der Waals surface area (Å²) in [6, 6.07) is 7.86. The lowest BCUT2D eigenvalue weighted by Crippen LogP contribution is -2.47. The zero-order chi connectivity index (χ0) is 29.2. The number of hydrogen-bond donors (Lipinski definition) is 2. The average Bonchev–Trinajstić information content (AvgIpc) is 3.26. The molecule has 1 aliphatic rings. The normalized spacial score (nSPS) is 14.1. The number of rotatable bonds is 5. The van der Waals surface area contributed by atoms with Crippen LogP contribution in [-0.2, 0) is 4.74 Å². The maximum atomic E-state index is 13.5. The van der Waals surface area contributed by atoms with E-state index >= 15 is 0 Å². The second kappa shape index (κ2) is 12.2. The van der Waals surface area contributed by atoms with Crippen LogP contribution in [0.25, 0.3) is 5.82 Å². The van der Waals surface area contributed by atoms with Crippen LogP contribution in [0.2, 0.25) is 10.0 Å². The van der Waals surface area contributed by atoms with Crippen LogP contribution >= 0.6 is 39.1 Å². The summed E-state index contributed by atoms with van der Waals surface area (Å²) in [6.07, 6.45) is 2.29. The summed E-state index contributed by atoms with van der Waals surface area (Å²) in [7, 11) is 0. The minimum atomic E-state index is -0.578. The number of likely N-dealkylation sites (tertiary alicyclic amines) is 1. The summed E-state index contributed by atoms with van der Waals surface area (Å²) in [5, 5.41) is 10.8. The summed E-state index contributed by atoms with van der Waals surface area (Å²) in [5.74, 6) is -0.632. The van der Waals surface area contributed by atoms with Crippen LogP contribution in [-0.4, -0.2) is 62.3 Å². The van der Waals surface area contributed by atoms with Gasteiger partial charge in [-0.05, 0) is 86.3 Å². The molecule has 0 atom stereocenters. The van der Waals surface area contributed by atoms with E-state index in [4.69, 9.17) is 27.9 Å². The largest absolute Gasteiger partial charge is 0.444 e. The minimum absolute atomic E-state index is 0.155. The topological polar surface area (TPSA) is 118 Å². The minimum Gasteiger partial charge on any atom is -0.444 e. The number of halogens is 3. The maximum Gasteiger partial charge on any atom is 0.410 e. The highest BCUT2D eigenvalue weighted by Gasteiger charge is 2.29. The first-order valence-electron chi connectivity index (χ1n) is 12.6. The monoisotopic (exact) mass is 650 g/mol. The molecule has 3 heterocycles. The molecule has 4 rings (SSSR count). The molecule has 3 amide bonds. The Labute approximate surface area is 250 Å². The SMILES string of the molecule is Cc1cc(Cl)cc(C(=O)NC2CCN(C(=O)OC(C)(C)C)CC2)c1NC(=O)c1cc(Br)nn1-c1ncccc1Cl. The lowest BCUT2D eigenvalue weighted by Gasteiger charge is -2.33. The number of piperidine rings is 1. The molecule has 1 saturated heterocycles. The number of anilines is 1. The van der Waals surface area contributed by atoms with Crippen molar-refractivity contribution in [2.75, 3.05) is 18.4 Å². The molecule has 40 heavy (non-hydrogen) atoms. The Balaban J connectivity index is 1.51. The summed E-state index contributed by atoms with van der Waals surface area (Å²) in [4.78, 5) is 45.1. The fourth-order valence-electron chi connectivity index (χ4n) is 4.27. The van der Waals surface area contributed by atoms with Gasteiger partial charge in [0.05, 0.1) is 16.3 Å². The van der Waals surface area contributed by atoms with Crippen LogP contribution in [0.15, 0.2) is 41.1 Å². The fourth-order valence-corrected chi connectivity index (χ4v) is 5.12. The van der Waals surface area contributed by atoms with Crippen molar-refractivity contribution in [3.63, 3.8) is 0 Å². The standard InChI is InChI=1S/C27H29BrCl2N6O4/c1-15-12-16(29)13-18(24(37)32-17-7-10-35(11-8-17)26(39)40-27(2,3)4)22(15)33-25(38)20-14-21(28)34-36(20)23-19(30)6-5-9-31-23/h5-6,9,12-14,17H,7-8,10-11H2,1-4H3,(H,32,37)(H,33,38). The molecular weight excluding hydrogens is 623 g/mol. The predicted molar refractivity (Wildman–Crippen MR) is 157 cm³/mol. The third-order valence-corrected chi connectivity index (χ3v) is 7.02. The van der Waals surface area contributed by atoms with Gasteiger partial charge in [-0.1, -0.05) is 23.2 Å². The number of hydrogen-bond acceptors (Lipinski definition) is 6. The van der Waals surface area contributed by atoms with Gasteiger partial charge in [0.1, 0.15) is 15.9 Å². The molecule has 2 aromatic heterocycles. The van der Waals surface area contributed by atoms with E-state index < -0.39 is 11.5 Å². The van der Waals surface area contributed by atoms with Crippen molar-refractivity contribution in [2.24, 2.45) is 0 Å². The van der Waals surface area contributed by atoms with Crippen LogP contribution in [0.4, 0.5) is 10.5 Å². The van der Waals surface area contributed by atoms with Crippen LogP contribution < -0.4 is 10.6 Å². The van der Waals surface area contributed by atoms with Crippen molar-refractivity contribution in [3.8, 4) is 5.82 Å². The molecule has 10 nitrogen and oxygen atoms in total. The number of carbonyl (C=O) groups is 3. The van der Waals surface area contributed by atoms with Crippen molar-refractivity contribution in [1.29, 1.82) is 0 Å². The summed E-state index contributed by atoms with van der Waals surface area (Å²) >= 11 is 15.9. The number of nitrogens with one attached hydrogen (secondary N) is 2. The summed E-state index contributed by atoms with van der Waals surface area (Å²) in [6.45, 7) is 8.12. The first-order valence-corrected chi connectivity index (χ1v) is 14.1. The molecule has 0 aliphatic carbocycles. The van der Waals surface area contributed by atoms with Crippen molar-refractivity contribution in [1.82, 2.24) is 25.0 Å². The van der Waals surface area contributed by atoms with Crippen molar-refractivity contribution in [2.45, 2.75) is 52.2 Å². The highest BCUT2D eigenvalue weighted by molar-refractivity contribution is 9.10. The van der Waals surface area contributed by atoms with E-state index in [0.29, 0.717) is 51.8 Å². The van der Waals surface area contributed by atoms with E-state index in [1.807, 2.05) is 20.8 Å². The van der Waals surface area contributed by atoms with Gasteiger partial charge in [0, 0.05) is 36.4 Å². The zero-order valence-electron chi connectivity index (χ0n) is 22.4. The first-order chi connectivity index (χ1) is 18.8. The lowest BCUT2D eigenvalue weighted by atomic mass is 10.0. The second-order valence-corrected chi connectivity index (χ2v) is 12.0. The Bertz CT molecular complexity index is 1450. The van der Waals surface area contributed by atoms with E-state index in [0.717, 1.165) is 0 Å². The molecule has 212 valence electrons. The average molecular weight is 652 g/mol. The zero-order valence-corrected chi connectivity index (χ0v) is 25.5. The van der Waals surface area contributed by atoms with Gasteiger partial charge in [0.15, 0.2) is 5.82 Å². The Morgan fingerprint density at radius 1 is 1.10 bits per heavy atom. The molecule has 1 fully saturated rings. The van der Waals surface area contributed by atoms with Gasteiger partial charge >= 0.3 is 6.09 Å². The molecule has 0 bridgehead atoms. The molecule has 1 aliphatic heterocycles. The first kappa shape index (κ1) is 29.8. The van der Waals surface area contributed by atoms with E-state index in [-0.39, 0.29) is 35.1 Å². The Hall–Kier alpha value is -3.15. The van der Waals surface area contributed by atoms with E-state index in [9.17, 15) is 14.4 Å². The number of aromatic nitrogens is 3. The van der Waals surface area contributed by atoms with Crippen molar-refractivity contribution < 1.29 is 19.1 Å². The van der Waals surface area contributed by atoms with Crippen LogP contribution in [0.3, 0.4) is 0 Å². The molecule has 0 radical (unpaired) electrons. The third kappa shape index (κ3) is 7.13. The number of nitrogens with zero attached hydrogens (tertiary/aromatic N) is 4. The Kier molecular flexibility index (Phi) is 9.06. The quantitative estimate of drug-likeness (QED) is 0.348. The van der Waals surface area contributed by atoms with Gasteiger partial charge in [0.25, 0.3) is 11.8 Å². The maximum absolute atomic E-state index is 13.5. The van der Waals surface area contributed by atoms with E-state index in [1.165, 1.54) is 16.8 Å².